The molecule has 116 valence electrons. The van der Waals surface area contributed by atoms with E-state index in [0.29, 0.717) is 17.6 Å². The van der Waals surface area contributed by atoms with E-state index in [-0.39, 0.29) is 5.91 Å². The molecule has 0 unspecified atom stereocenters. The lowest BCUT2D eigenvalue weighted by molar-refractivity contribution is -0.117. The second-order valence-electron chi connectivity index (χ2n) is 7.09. The van der Waals surface area contributed by atoms with Crippen LogP contribution in [0.1, 0.15) is 33.6 Å². The second-order valence-corrected chi connectivity index (χ2v) is 7.09. The topological polar surface area (TPSA) is 58.4 Å². The summed E-state index contributed by atoms with van der Waals surface area (Å²) in [5.41, 5.74) is 7.52. The van der Waals surface area contributed by atoms with Crippen molar-refractivity contribution < 1.29 is 4.79 Å². The lowest BCUT2D eigenvalue weighted by Crippen LogP contribution is -2.41. The lowest BCUT2D eigenvalue weighted by atomic mass is 9.75. The minimum atomic E-state index is 0.0500. The number of benzene rings is 1. The van der Waals surface area contributed by atoms with Gasteiger partial charge >= 0.3 is 0 Å². The van der Waals surface area contributed by atoms with E-state index in [1.54, 1.807) is 12.1 Å². The van der Waals surface area contributed by atoms with Gasteiger partial charge in [0.15, 0.2) is 0 Å². The molecule has 1 aromatic rings. The summed E-state index contributed by atoms with van der Waals surface area (Å²) in [5.74, 6) is 0.808. The first kappa shape index (κ1) is 15.8. The molecule has 0 saturated carbocycles. The first-order chi connectivity index (χ1) is 9.84. The molecular weight excluding hydrogens is 262 g/mol. The van der Waals surface area contributed by atoms with E-state index in [1.807, 2.05) is 12.1 Å². The Balaban J connectivity index is 1.78. The van der Waals surface area contributed by atoms with Gasteiger partial charge in [0, 0.05) is 11.4 Å². The number of carbonyl (C=O) groups is 1. The maximum Gasteiger partial charge on any atom is 0.238 e. The van der Waals surface area contributed by atoms with E-state index >= 15 is 0 Å². The van der Waals surface area contributed by atoms with Crippen LogP contribution in [0.4, 0.5) is 11.4 Å². The summed E-state index contributed by atoms with van der Waals surface area (Å²) in [7, 11) is 0. The van der Waals surface area contributed by atoms with Crippen LogP contribution in [0.25, 0.3) is 0 Å². The van der Waals surface area contributed by atoms with E-state index in [0.717, 1.165) is 24.7 Å². The summed E-state index contributed by atoms with van der Waals surface area (Å²) in [6.45, 7) is 9.42. The Morgan fingerprint density at radius 1 is 1.24 bits per heavy atom. The molecule has 2 rings (SSSR count). The minimum absolute atomic E-state index is 0.0500. The summed E-state index contributed by atoms with van der Waals surface area (Å²) < 4.78 is 0. The molecule has 4 nitrogen and oxygen atoms in total. The van der Waals surface area contributed by atoms with Crippen LogP contribution in [0.15, 0.2) is 24.3 Å². The number of anilines is 2. The maximum atomic E-state index is 12.1. The lowest BCUT2D eigenvalue weighted by Gasteiger charge is -2.38. The van der Waals surface area contributed by atoms with Gasteiger partial charge in [-0.3, -0.25) is 9.69 Å². The fourth-order valence-electron chi connectivity index (χ4n) is 2.93. The number of hydrogen-bond acceptors (Lipinski definition) is 3. The zero-order valence-corrected chi connectivity index (χ0v) is 13.4. The number of piperidine rings is 1. The van der Waals surface area contributed by atoms with Gasteiger partial charge in [-0.25, -0.2) is 0 Å². The van der Waals surface area contributed by atoms with Crippen molar-refractivity contribution in [3.8, 4) is 0 Å². The zero-order valence-electron chi connectivity index (χ0n) is 13.4. The van der Waals surface area contributed by atoms with Gasteiger partial charge in [0.05, 0.1) is 6.54 Å². The summed E-state index contributed by atoms with van der Waals surface area (Å²) in [4.78, 5) is 14.3. The van der Waals surface area contributed by atoms with Gasteiger partial charge in [0.1, 0.15) is 0 Å². The summed E-state index contributed by atoms with van der Waals surface area (Å²) in [6, 6.07) is 7.26. The van der Waals surface area contributed by atoms with Crippen molar-refractivity contribution in [1.82, 2.24) is 4.90 Å². The van der Waals surface area contributed by atoms with Crippen molar-refractivity contribution in [2.45, 2.75) is 33.6 Å². The van der Waals surface area contributed by atoms with Crippen molar-refractivity contribution in [2.24, 2.45) is 11.3 Å². The zero-order chi connectivity index (χ0) is 15.5. The molecule has 21 heavy (non-hydrogen) atoms. The molecule has 1 amide bonds. The number of nitrogens with zero attached hydrogens (tertiary/aromatic N) is 1. The Morgan fingerprint density at radius 3 is 2.33 bits per heavy atom. The molecule has 1 aliphatic heterocycles. The number of nitrogens with two attached hydrogens (primary N) is 1. The molecule has 0 aliphatic carbocycles. The number of nitrogen functional groups attached to an aromatic ring is 1. The molecular formula is C17H27N3O. The van der Waals surface area contributed by atoms with Crippen LogP contribution in [0.2, 0.25) is 0 Å². The Hall–Kier alpha value is -1.55. The van der Waals surface area contributed by atoms with Gasteiger partial charge in [-0.2, -0.15) is 0 Å². The highest BCUT2D eigenvalue weighted by molar-refractivity contribution is 5.92. The summed E-state index contributed by atoms with van der Waals surface area (Å²) >= 11 is 0. The third-order valence-electron chi connectivity index (χ3n) is 4.37. The quantitative estimate of drug-likeness (QED) is 0.841. The van der Waals surface area contributed by atoms with Crippen molar-refractivity contribution in [1.29, 1.82) is 0 Å². The molecule has 3 N–H and O–H groups in total. The van der Waals surface area contributed by atoms with E-state index in [9.17, 15) is 4.79 Å². The van der Waals surface area contributed by atoms with Crippen LogP contribution in [-0.4, -0.2) is 30.4 Å². The van der Waals surface area contributed by atoms with Gasteiger partial charge in [0.2, 0.25) is 5.91 Å². The Bertz CT molecular complexity index is 468. The number of likely N-dealkylation sites (tertiary alicyclic amines) is 1. The summed E-state index contributed by atoms with van der Waals surface area (Å²) in [6.07, 6.45) is 2.36. The molecule has 1 saturated heterocycles. The highest BCUT2D eigenvalue weighted by atomic mass is 16.2. The first-order valence-electron chi connectivity index (χ1n) is 7.72. The van der Waals surface area contributed by atoms with Gasteiger partial charge in [-0.05, 0) is 61.5 Å². The van der Waals surface area contributed by atoms with E-state index < -0.39 is 0 Å². The van der Waals surface area contributed by atoms with Crippen LogP contribution < -0.4 is 11.1 Å². The van der Waals surface area contributed by atoms with Crippen molar-refractivity contribution >= 4 is 17.3 Å². The van der Waals surface area contributed by atoms with Crippen molar-refractivity contribution in [2.75, 3.05) is 30.7 Å². The van der Waals surface area contributed by atoms with Gasteiger partial charge < -0.3 is 11.1 Å². The Morgan fingerprint density at radius 2 is 1.81 bits per heavy atom. The molecule has 0 radical (unpaired) electrons. The number of hydrogen-bond donors (Lipinski definition) is 2. The van der Waals surface area contributed by atoms with Crippen LogP contribution in [0, 0.1) is 11.3 Å². The number of carbonyl (C=O) groups excluding carboxylic acids is 1. The third-order valence-corrected chi connectivity index (χ3v) is 4.37. The summed E-state index contributed by atoms with van der Waals surface area (Å²) in [5, 5.41) is 2.92. The standard InChI is InChI=1S/C17H27N3O/c1-17(2,3)13-8-10-20(11-9-13)12-16(21)19-15-6-4-14(18)5-7-15/h4-7,13H,8-12,18H2,1-3H3,(H,19,21). The molecule has 0 bridgehead atoms. The normalized spacial score (nSPS) is 17.7. The fraction of sp³-hybridized carbons (Fsp3) is 0.588. The number of nitrogens with one attached hydrogen (secondary N) is 1. The van der Waals surface area contributed by atoms with Gasteiger partial charge in [-0.15, -0.1) is 0 Å². The predicted octanol–water partition coefficient (Wildman–Crippen LogP) is 2.97. The van der Waals surface area contributed by atoms with E-state index in [1.165, 1.54) is 12.8 Å². The van der Waals surface area contributed by atoms with E-state index in [2.05, 4.69) is 31.0 Å². The minimum Gasteiger partial charge on any atom is -0.399 e. The smallest absolute Gasteiger partial charge is 0.238 e. The monoisotopic (exact) mass is 289 g/mol. The third kappa shape index (κ3) is 4.74. The molecule has 1 fully saturated rings. The van der Waals surface area contributed by atoms with Gasteiger partial charge in [-0.1, -0.05) is 20.8 Å². The number of amides is 1. The van der Waals surface area contributed by atoms with Gasteiger partial charge in [0.25, 0.3) is 0 Å². The molecule has 0 atom stereocenters. The number of rotatable bonds is 3. The second kappa shape index (κ2) is 6.48. The van der Waals surface area contributed by atoms with Crippen LogP contribution >= 0.6 is 0 Å². The predicted molar refractivity (Wildman–Crippen MR) is 88.1 cm³/mol. The van der Waals surface area contributed by atoms with Crippen LogP contribution in [0.5, 0.6) is 0 Å². The molecule has 0 spiro atoms. The molecule has 1 aliphatic rings. The Kier molecular flexibility index (Phi) is 4.88. The van der Waals surface area contributed by atoms with E-state index in [4.69, 9.17) is 5.73 Å². The first-order valence-corrected chi connectivity index (χ1v) is 7.72. The highest BCUT2D eigenvalue weighted by Gasteiger charge is 2.29. The molecule has 1 heterocycles. The Labute approximate surface area is 127 Å². The van der Waals surface area contributed by atoms with Crippen molar-refractivity contribution in [3.05, 3.63) is 24.3 Å². The SMILES string of the molecule is CC(C)(C)C1CCN(CC(=O)Nc2ccc(N)cc2)CC1. The average molecular weight is 289 g/mol. The molecule has 1 aromatic carbocycles. The largest absolute Gasteiger partial charge is 0.399 e. The highest BCUT2D eigenvalue weighted by Crippen LogP contribution is 2.34. The maximum absolute atomic E-state index is 12.1. The van der Waals surface area contributed by atoms with Crippen LogP contribution in [-0.2, 0) is 4.79 Å². The van der Waals surface area contributed by atoms with Crippen LogP contribution in [0.3, 0.4) is 0 Å². The molecule has 4 heteroatoms. The van der Waals surface area contributed by atoms with Crippen molar-refractivity contribution in [3.63, 3.8) is 0 Å². The molecule has 0 aromatic heterocycles. The average Bonchev–Trinajstić information content (AvgIpc) is 2.41. The fourth-order valence-corrected chi connectivity index (χ4v) is 2.93.